The van der Waals surface area contributed by atoms with Crippen LogP contribution in [-0.4, -0.2) is 16.5 Å². The predicted molar refractivity (Wildman–Crippen MR) is 87.5 cm³/mol. The number of halogens is 1. The molecule has 0 saturated carbocycles. The van der Waals surface area contributed by atoms with Crippen molar-refractivity contribution in [1.82, 2.24) is 9.97 Å². The Morgan fingerprint density at radius 1 is 1.25 bits per heavy atom. The highest BCUT2D eigenvalue weighted by atomic mass is 35.5. The third-order valence-electron chi connectivity index (χ3n) is 3.60. The fourth-order valence-electron chi connectivity index (χ4n) is 2.29. The van der Waals surface area contributed by atoms with Gasteiger partial charge in [0.15, 0.2) is 0 Å². The summed E-state index contributed by atoms with van der Waals surface area (Å²) in [5.74, 6) is 1.19. The maximum absolute atomic E-state index is 6.19. The highest BCUT2D eigenvalue weighted by molar-refractivity contribution is 6.30. The lowest BCUT2D eigenvalue weighted by Crippen LogP contribution is -2.24. The molecular formula is C16H28ClN3. The van der Waals surface area contributed by atoms with Crippen molar-refractivity contribution < 1.29 is 0 Å². The summed E-state index contributed by atoms with van der Waals surface area (Å²) in [5.41, 5.74) is 1.28. The van der Waals surface area contributed by atoms with Crippen LogP contribution in [0.4, 0.5) is 5.82 Å². The van der Waals surface area contributed by atoms with E-state index in [1.54, 1.807) is 0 Å². The molecule has 0 aliphatic rings. The van der Waals surface area contributed by atoms with Crippen molar-refractivity contribution in [3.05, 3.63) is 17.0 Å². The third-order valence-corrected chi connectivity index (χ3v) is 3.91. The van der Waals surface area contributed by atoms with Gasteiger partial charge in [0.2, 0.25) is 0 Å². The summed E-state index contributed by atoms with van der Waals surface area (Å²) in [6.07, 6.45) is 6.61. The van der Waals surface area contributed by atoms with E-state index in [0.29, 0.717) is 11.1 Å². The largest absolute Gasteiger partial charge is 0.369 e. The van der Waals surface area contributed by atoms with Gasteiger partial charge in [-0.15, -0.1) is 0 Å². The van der Waals surface area contributed by atoms with Gasteiger partial charge in [0, 0.05) is 12.1 Å². The Labute approximate surface area is 128 Å². The van der Waals surface area contributed by atoms with E-state index in [2.05, 4.69) is 49.9 Å². The molecule has 0 radical (unpaired) electrons. The fourth-order valence-corrected chi connectivity index (χ4v) is 2.64. The molecule has 0 atom stereocenters. The Hall–Kier alpha value is -0.830. The Morgan fingerprint density at radius 3 is 2.55 bits per heavy atom. The molecule has 1 aromatic rings. The molecular weight excluding hydrogens is 270 g/mol. The van der Waals surface area contributed by atoms with Crippen LogP contribution in [0.1, 0.15) is 71.8 Å². The number of aromatic nitrogens is 2. The van der Waals surface area contributed by atoms with Crippen LogP contribution < -0.4 is 5.32 Å². The topological polar surface area (TPSA) is 37.8 Å². The highest BCUT2D eigenvalue weighted by Crippen LogP contribution is 2.30. The first-order valence-corrected chi connectivity index (χ1v) is 7.99. The third kappa shape index (κ3) is 5.28. The molecule has 20 heavy (non-hydrogen) atoms. The fraction of sp³-hybridized carbons (Fsp3) is 0.750. The van der Waals surface area contributed by atoms with E-state index in [1.807, 2.05) is 0 Å². The van der Waals surface area contributed by atoms with Gasteiger partial charge in [-0.25, -0.2) is 9.97 Å². The van der Waals surface area contributed by atoms with E-state index in [1.165, 1.54) is 32.0 Å². The van der Waals surface area contributed by atoms with E-state index >= 15 is 0 Å². The first kappa shape index (κ1) is 17.2. The number of unbranched alkanes of at least 4 members (excludes halogenated alkanes) is 2. The first-order valence-electron chi connectivity index (χ1n) is 7.61. The molecule has 3 nitrogen and oxygen atoms in total. The minimum absolute atomic E-state index is 0.265. The summed E-state index contributed by atoms with van der Waals surface area (Å²) in [6.45, 7) is 12.0. The molecule has 0 unspecified atom stereocenters. The second kappa shape index (κ2) is 7.82. The SMILES string of the molecule is CCCCCC(C)(C)CNc1ncnc(Cl)c1C(C)C. The van der Waals surface area contributed by atoms with E-state index in [-0.39, 0.29) is 5.41 Å². The van der Waals surface area contributed by atoms with Crippen molar-refractivity contribution >= 4 is 17.4 Å². The van der Waals surface area contributed by atoms with Crippen LogP contribution in [0.15, 0.2) is 6.33 Å². The van der Waals surface area contributed by atoms with Gasteiger partial charge in [-0.3, -0.25) is 0 Å². The van der Waals surface area contributed by atoms with Crippen molar-refractivity contribution in [3.8, 4) is 0 Å². The molecule has 0 spiro atoms. The van der Waals surface area contributed by atoms with E-state index < -0.39 is 0 Å². The van der Waals surface area contributed by atoms with E-state index in [0.717, 1.165) is 17.9 Å². The quantitative estimate of drug-likeness (QED) is 0.524. The summed E-state index contributed by atoms with van der Waals surface area (Å²) in [4.78, 5) is 8.43. The summed E-state index contributed by atoms with van der Waals surface area (Å²) >= 11 is 6.19. The average molecular weight is 298 g/mol. The second-order valence-electron chi connectivity index (χ2n) is 6.56. The lowest BCUT2D eigenvalue weighted by atomic mass is 9.87. The van der Waals surface area contributed by atoms with Gasteiger partial charge in [0.25, 0.3) is 0 Å². The molecule has 4 heteroatoms. The van der Waals surface area contributed by atoms with Gasteiger partial charge in [-0.2, -0.15) is 0 Å². The number of nitrogens with zero attached hydrogens (tertiary/aromatic N) is 2. The Morgan fingerprint density at radius 2 is 1.95 bits per heavy atom. The molecule has 0 bridgehead atoms. The van der Waals surface area contributed by atoms with Crippen LogP contribution in [0, 0.1) is 5.41 Å². The lowest BCUT2D eigenvalue weighted by Gasteiger charge is -2.26. The normalized spacial score (nSPS) is 11.9. The Bertz CT molecular complexity index is 416. The molecule has 1 rings (SSSR count). The van der Waals surface area contributed by atoms with Gasteiger partial charge < -0.3 is 5.32 Å². The van der Waals surface area contributed by atoms with Gasteiger partial charge in [-0.1, -0.05) is 65.5 Å². The molecule has 0 aromatic carbocycles. The highest BCUT2D eigenvalue weighted by Gasteiger charge is 2.19. The van der Waals surface area contributed by atoms with Crippen LogP contribution in [0.2, 0.25) is 5.15 Å². The summed E-state index contributed by atoms with van der Waals surface area (Å²) in [6, 6.07) is 0. The Balaban J connectivity index is 2.67. The number of rotatable bonds is 8. The molecule has 1 heterocycles. The maximum atomic E-state index is 6.19. The predicted octanol–water partition coefficient (Wildman–Crippen LogP) is 5.27. The molecule has 0 saturated heterocycles. The maximum Gasteiger partial charge on any atom is 0.138 e. The standard InChI is InChI=1S/C16H28ClN3/c1-6-7-8-9-16(4,5)10-18-15-13(12(2)3)14(17)19-11-20-15/h11-12H,6-10H2,1-5H3,(H,18,19,20). The van der Waals surface area contributed by atoms with Crippen molar-refractivity contribution in [2.45, 2.75) is 66.2 Å². The van der Waals surface area contributed by atoms with Crippen molar-refractivity contribution in [3.63, 3.8) is 0 Å². The first-order chi connectivity index (χ1) is 9.37. The zero-order valence-electron chi connectivity index (χ0n) is 13.5. The van der Waals surface area contributed by atoms with Crippen LogP contribution in [0.25, 0.3) is 0 Å². The molecule has 1 N–H and O–H groups in total. The zero-order chi connectivity index (χ0) is 15.2. The minimum atomic E-state index is 0.265. The van der Waals surface area contributed by atoms with Crippen molar-refractivity contribution in [2.75, 3.05) is 11.9 Å². The summed E-state index contributed by atoms with van der Waals surface area (Å²) < 4.78 is 0. The molecule has 0 amide bonds. The van der Waals surface area contributed by atoms with Gasteiger partial charge in [-0.05, 0) is 17.8 Å². The molecule has 0 fully saturated rings. The van der Waals surface area contributed by atoms with Crippen molar-refractivity contribution in [1.29, 1.82) is 0 Å². The Kier molecular flexibility index (Phi) is 6.74. The van der Waals surface area contributed by atoms with Crippen molar-refractivity contribution in [2.24, 2.45) is 5.41 Å². The molecule has 0 aliphatic carbocycles. The van der Waals surface area contributed by atoms with E-state index in [9.17, 15) is 0 Å². The van der Waals surface area contributed by atoms with E-state index in [4.69, 9.17) is 11.6 Å². The zero-order valence-corrected chi connectivity index (χ0v) is 14.2. The number of hydrogen-bond donors (Lipinski definition) is 1. The van der Waals surface area contributed by atoms with Crippen LogP contribution in [-0.2, 0) is 0 Å². The van der Waals surface area contributed by atoms with Gasteiger partial charge in [0.05, 0.1) is 0 Å². The molecule has 1 aromatic heterocycles. The van der Waals surface area contributed by atoms with Crippen LogP contribution in [0.5, 0.6) is 0 Å². The minimum Gasteiger partial charge on any atom is -0.369 e. The lowest BCUT2D eigenvalue weighted by molar-refractivity contribution is 0.342. The van der Waals surface area contributed by atoms with Crippen LogP contribution >= 0.6 is 11.6 Å². The number of hydrogen-bond acceptors (Lipinski definition) is 3. The van der Waals surface area contributed by atoms with Gasteiger partial charge in [0.1, 0.15) is 17.3 Å². The number of nitrogens with one attached hydrogen (secondary N) is 1. The smallest absolute Gasteiger partial charge is 0.138 e. The van der Waals surface area contributed by atoms with Crippen LogP contribution in [0.3, 0.4) is 0 Å². The molecule has 114 valence electrons. The monoisotopic (exact) mass is 297 g/mol. The average Bonchev–Trinajstić information content (AvgIpc) is 2.36. The van der Waals surface area contributed by atoms with Gasteiger partial charge >= 0.3 is 0 Å². The molecule has 0 aliphatic heterocycles. The summed E-state index contributed by atoms with van der Waals surface area (Å²) in [7, 11) is 0. The second-order valence-corrected chi connectivity index (χ2v) is 6.91. The summed E-state index contributed by atoms with van der Waals surface area (Å²) in [5, 5.41) is 4.02. The number of anilines is 1.